The van der Waals surface area contributed by atoms with Crippen molar-refractivity contribution in [2.24, 2.45) is 0 Å². The Labute approximate surface area is 93.1 Å². The number of anilines is 1. The van der Waals surface area contributed by atoms with Crippen LogP contribution in [0.1, 0.15) is 5.56 Å². The predicted octanol–water partition coefficient (Wildman–Crippen LogP) is 2.96. The van der Waals surface area contributed by atoms with Gasteiger partial charge in [0.2, 0.25) is 0 Å². The first-order valence-electron chi connectivity index (χ1n) is 3.58. The fourth-order valence-electron chi connectivity index (χ4n) is 1.18. The molecule has 0 radical (unpaired) electrons. The third-order valence-electron chi connectivity index (χ3n) is 1.79. The van der Waals surface area contributed by atoms with Crippen LogP contribution in [0, 0.1) is 14.9 Å². The summed E-state index contributed by atoms with van der Waals surface area (Å²) in [6.45, 7) is 0. The first-order chi connectivity index (χ1) is 6.22. The number of nitrogens with two attached hydrogens (primary N) is 1. The molecular formula is C9H5IN2S. The van der Waals surface area contributed by atoms with E-state index in [1.807, 2.05) is 17.5 Å². The molecular weight excluding hydrogens is 295 g/mol. The van der Waals surface area contributed by atoms with Gasteiger partial charge in [0.25, 0.3) is 0 Å². The largest absolute Gasteiger partial charge is 0.398 e. The number of nitrogens with zero attached hydrogens (tertiary/aromatic N) is 1. The zero-order valence-corrected chi connectivity index (χ0v) is 9.52. The Hall–Kier alpha value is -0.800. The van der Waals surface area contributed by atoms with Gasteiger partial charge in [-0.25, -0.2) is 0 Å². The molecule has 0 fully saturated rings. The first-order valence-corrected chi connectivity index (χ1v) is 5.54. The summed E-state index contributed by atoms with van der Waals surface area (Å²) in [4.78, 5) is 0. The molecule has 0 bridgehead atoms. The fraction of sp³-hybridized carbons (Fsp3) is 0. The van der Waals surface area contributed by atoms with Gasteiger partial charge >= 0.3 is 0 Å². The summed E-state index contributed by atoms with van der Waals surface area (Å²) in [6.07, 6.45) is 0. The van der Waals surface area contributed by atoms with E-state index in [9.17, 15) is 0 Å². The second-order valence-electron chi connectivity index (χ2n) is 2.64. The van der Waals surface area contributed by atoms with Crippen molar-refractivity contribution >= 4 is 49.7 Å². The van der Waals surface area contributed by atoms with Crippen LogP contribution < -0.4 is 5.73 Å². The summed E-state index contributed by atoms with van der Waals surface area (Å²) in [7, 11) is 0. The maximum absolute atomic E-state index is 8.76. The minimum Gasteiger partial charge on any atom is -0.398 e. The molecule has 4 heteroatoms. The maximum atomic E-state index is 8.76. The van der Waals surface area contributed by atoms with Crippen LogP contribution >= 0.6 is 33.9 Å². The lowest BCUT2D eigenvalue weighted by Gasteiger charge is -1.95. The van der Waals surface area contributed by atoms with Crippen molar-refractivity contribution in [3.05, 3.63) is 26.6 Å². The highest BCUT2D eigenvalue weighted by Gasteiger charge is 2.06. The number of hydrogen-bond acceptors (Lipinski definition) is 3. The van der Waals surface area contributed by atoms with E-state index in [1.54, 1.807) is 11.3 Å². The molecule has 0 spiro atoms. The Kier molecular flexibility index (Phi) is 2.14. The number of rotatable bonds is 0. The zero-order chi connectivity index (χ0) is 9.42. The molecule has 1 aromatic carbocycles. The molecule has 1 aromatic heterocycles. The quantitative estimate of drug-likeness (QED) is 0.760. The van der Waals surface area contributed by atoms with Crippen LogP contribution in [-0.2, 0) is 0 Å². The number of fused-ring (bicyclic) bond motifs is 1. The van der Waals surface area contributed by atoms with E-state index in [1.165, 1.54) is 0 Å². The summed E-state index contributed by atoms with van der Waals surface area (Å²) in [6, 6.07) is 5.83. The minimum absolute atomic E-state index is 0.669. The molecule has 0 aliphatic heterocycles. The molecule has 0 aliphatic carbocycles. The molecule has 0 saturated carbocycles. The van der Waals surface area contributed by atoms with Gasteiger partial charge in [0.15, 0.2) is 0 Å². The van der Waals surface area contributed by atoms with Crippen LogP contribution in [0.15, 0.2) is 17.5 Å². The Bertz CT molecular complexity index is 510. The molecule has 2 rings (SSSR count). The van der Waals surface area contributed by atoms with Gasteiger partial charge in [-0.05, 0) is 34.7 Å². The Morgan fingerprint density at radius 2 is 2.23 bits per heavy atom. The highest BCUT2D eigenvalue weighted by Crippen LogP contribution is 2.32. The molecule has 0 unspecified atom stereocenters. The van der Waals surface area contributed by atoms with Crippen molar-refractivity contribution in [2.75, 3.05) is 5.73 Å². The van der Waals surface area contributed by atoms with Gasteiger partial charge in [0, 0.05) is 19.0 Å². The van der Waals surface area contributed by atoms with Crippen molar-refractivity contribution in [3.63, 3.8) is 0 Å². The van der Waals surface area contributed by atoms with Gasteiger partial charge in [-0.1, -0.05) is 0 Å². The van der Waals surface area contributed by atoms with Crippen LogP contribution in [0.4, 0.5) is 5.69 Å². The molecule has 0 aliphatic rings. The van der Waals surface area contributed by atoms with Crippen LogP contribution in [0.3, 0.4) is 0 Å². The lowest BCUT2D eigenvalue weighted by Crippen LogP contribution is -1.83. The summed E-state index contributed by atoms with van der Waals surface area (Å²) in [5, 5.41) is 11.7. The van der Waals surface area contributed by atoms with E-state index >= 15 is 0 Å². The average molecular weight is 300 g/mol. The van der Waals surface area contributed by atoms with E-state index < -0.39 is 0 Å². The van der Waals surface area contributed by atoms with Crippen molar-refractivity contribution in [1.29, 1.82) is 5.26 Å². The Balaban J connectivity index is 2.90. The molecule has 2 nitrogen and oxygen atoms in total. The van der Waals surface area contributed by atoms with Crippen LogP contribution in [-0.4, -0.2) is 0 Å². The van der Waals surface area contributed by atoms with E-state index in [-0.39, 0.29) is 0 Å². The second kappa shape index (κ2) is 3.16. The summed E-state index contributed by atoms with van der Waals surface area (Å²) < 4.78 is 2.26. The van der Waals surface area contributed by atoms with Crippen LogP contribution in [0.25, 0.3) is 10.1 Å². The predicted molar refractivity (Wildman–Crippen MR) is 63.7 cm³/mol. The van der Waals surface area contributed by atoms with Gasteiger partial charge in [0.05, 0.1) is 17.3 Å². The highest BCUT2D eigenvalue weighted by molar-refractivity contribution is 14.1. The smallest absolute Gasteiger partial charge is 0.0992 e. The number of nitriles is 1. The Morgan fingerprint density at radius 1 is 1.46 bits per heavy atom. The lowest BCUT2D eigenvalue weighted by molar-refractivity contribution is 1.49. The summed E-state index contributed by atoms with van der Waals surface area (Å²) in [5.41, 5.74) is 7.19. The van der Waals surface area contributed by atoms with E-state index in [0.717, 1.165) is 19.3 Å². The SMILES string of the molecule is N#Cc1cc(I)c2scc(N)c2c1. The monoisotopic (exact) mass is 300 g/mol. The topological polar surface area (TPSA) is 49.8 Å². The van der Waals surface area contributed by atoms with Gasteiger partial charge in [-0.2, -0.15) is 5.26 Å². The minimum atomic E-state index is 0.669. The van der Waals surface area contributed by atoms with Gasteiger partial charge < -0.3 is 5.73 Å². The van der Waals surface area contributed by atoms with Gasteiger partial charge in [0.1, 0.15) is 0 Å². The van der Waals surface area contributed by atoms with Crippen molar-refractivity contribution in [2.45, 2.75) is 0 Å². The maximum Gasteiger partial charge on any atom is 0.0992 e. The number of thiophene rings is 1. The van der Waals surface area contributed by atoms with Crippen LogP contribution in [0.5, 0.6) is 0 Å². The van der Waals surface area contributed by atoms with Gasteiger partial charge in [-0.3, -0.25) is 0 Å². The van der Waals surface area contributed by atoms with Gasteiger partial charge in [-0.15, -0.1) is 11.3 Å². The summed E-state index contributed by atoms with van der Waals surface area (Å²) in [5.74, 6) is 0. The standard InChI is InChI=1S/C9H5IN2S/c10-7-2-5(3-11)1-6-8(12)4-13-9(6)7/h1-2,4H,12H2. The molecule has 2 aromatic rings. The molecule has 64 valence electrons. The van der Waals surface area contributed by atoms with Crippen molar-refractivity contribution in [1.82, 2.24) is 0 Å². The lowest BCUT2D eigenvalue weighted by atomic mass is 10.2. The number of halogens is 1. The number of nitrogen functional groups attached to an aromatic ring is 1. The van der Waals surface area contributed by atoms with Crippen LogP contribution in [0.2, 0.25) is 0 Å². The Morgan fingerprint density at radius 3 is 2.92 bits per heavy atom. The molecule has 13 heavy (non-hydrogen) atoms. The third-order valence-corrected chi connectivity index (χ3v) is 4.05. The van der Waals surface area contributed by atoms with E-state index in [4.69, 9.17) is 11.0 Å². The highest BCUT2D eigenvalue weighted by atomic mass is 127. The third kappa shape index (κ3) is 1.38. The fourth-order valence-corrected chi connectivity index (χ4v) is 3.03. The number of hydrogen-bond donors (Lipinski definition) is 1. The molecule has 0 saturated heterocycles. The zero-order valence-electron chi connectivity index (χ0n) is 6.54. The summed E-state index contributed by atoms with van der Waals surface area (Å²) >= 11 is 3.84. The molecule has 1 heterocycles. The average Bonchev–Trinajstić information content (AvgIpc) is 2.48. The molecule has 0 atom stereocenters. The van der Waals surface area contributed by atoms with Crippen molar-refractivity contribution < 1.29 is 0 Å². The normalized spacial score (nSPS) is 10.2. The second-order valence-corrected chi connectivity index (χ2v) is 4.68. The van der Waals surface area contributed by atoms with E-state index in [2.05, 4.69) is 28.7 Å². The van der Waals surface area contributed by atoms with E-state index in [0.29, 0.717) is 5.56 Å². The molecule has 2 N–H and O–H groups in total. The molecule has 0 amide bonds. The van der Waals surface area contributed by atoms with Crippen molar-refractivity contribution in [3.8, 4) is 6.07 Å². The number of benzene rings is 1. The first kappa shape index (κ1) is 8.78.